The molecule has 2 aliphatic heterocycles. The monoisotopic (exact) mass is 601 g/mol. The lowest BCUT2D eigenvalue weighted by Gasteiger charge is -2.26. The van der Waals surface area contributed by atoms with E-state index < -0.39 is 37.1 Å². The summed E-state index contributed by atoms with van der Waals surface area (Å²) in [6, 6.07) is 20.3. The van der Waals surface area contributed by atoms with Crippen molar-refractivity contribution >= 4 is 22.9 Å². The molecule has 0 spiro atoms. The molecule has 0 bridgehead atoms. The third-order valence-corrected chi connectivity index (χ3v) is 8.46. The first-order valence-corrected chi connectivity index (χ1v) is 15.2. The summed E-state index contributed by atoms with van der Waals surface area (Å²) in [6.07, 6.45) is 0.352. The second-order valence-electron chi connectivity index (χ2n) is 11.4. The molecule has 232 valence electrons. The van der Waals surface area contributed by atoms with Crippen LogP contribution in [-0.2, 0) is 4.74 Å². The minimum absolute atomic E-state index is 0.0215. The van der Waals surface area contributed by atoms with E-state index in [2.05, 4.69) is 54.8 Å². The lowest BCUT2D eigenvalue weighted by atomic mass is 9.91. The number of aliphatic hydroxyl groups is 3. The largest absolute Gasteiger partial charge is 0.394 e. The van der Waals surface area contributed by atoms with Gasteiger partial charge in [0.1, 0.15) is 18.3 Å². The highest BCUT2D eigenvalue weighted by Gasteiger charge is 2.44. The van der Waals surface area contributed by atoms with E-state index in [1.54, 1.807) is 0 Å². The number of aromatic nitrogens is 4. The number of ether oxygens (including phenoxy) is 1. The number of hydrogen-bond acceptors (Lipinski definition) is 10. The Bertz CT molecular complexity index is 1490. The fourth-order valence-corrected chi connectivity index (χ4v) is 6.02. The van der Waals surface area contributed by atoms with Gasteiger partial charge in [-0.2, -0.15) is 0 Å². The topological polar surface area (TPSA) is 158 Å². The predicted octanol–water partition coefficient (Wildman–Crippen LogP) is 1.90. The van der Waals surface area contributed by atoms with Crippen LogP contribution in [0.3, 0.4) is 0 Å². The summed E-state index contributed by atoms with van der Waals surface area (Å²) in [7, 11) is 0. The van der Waals surface area contributed by atoms with E-state index in [9.17, 15) is 20.1 Å². The quantitative estimate of drug-likeness (QED) is 0.172. The van der Waals surface area contributed by atoms with Gasteiger partial charge >= 0.3 is 0 Å². The second kappa shape index (κ2) is 13.8. The number of carbonyl (C=O) groups excluding carboxylic acids is 1. The van der Waals surface area contributed by atoms with Gasteiger partial charge in [0.2, 0.25) is 5.82 Å². The molecule has 4 atom stereocenters. The van der Waals surface area contributed by atoms with Gasteiger partial charge < -0.3 is 35.6 Å². The third-order valence-electron chi connectivity index (χ3n) is 8.46. The maximum absolute atomic E-state index is 13.4. The summed E-state index contributed by atoms with van der Waals surface area (Å²) in [5.41, 5.74) is 2.87. The Balaban J connectivity index is 1.31. The number of imidazole rings is 1. The molecule has 44 heavy (non-hydrogen) atoms. The summed E-state index contributed by atoms with van der Waals surface area (Å²) in [6.45, 7) is 3.25. The molecule has 12 heteroatoms. The van der Waals surface area contributed by atoms with Gasteiger partial charge in [0.25, 0.3) is 5.91 Å². The molecule has 12 nitrogen and oxygen atoms in total. The molecule has 2 aliphatic rings. The Hall–Kier alpha value is -3.94. The van der Waals surface area contributed by atoms with Gasteiger partial charge in [-0.15, -0.1) is 0 Å². The number of fused-ring (bicyclic) bond motifs is 1. The number of hydrogen-bond donors (Lipinski definition) is 5. The van der Waals surface area contributed by atoms with E-state index in [-0.39, 0.29) is 17.4 Å². The lowest BCUT2D eigenvalue weighted by Crippen LogP contribution is -2.38. The van der Waals surface area contributed by atoms with Gasteiger partial charge in [0.15, 0.2) is 23.2 Å². The summed E-state index contributed by atoms with van der Waals surface area (Å²) in [4.78, 5) is 29.4. The highest BCUT2D eigenvalue weighted by atomic mass is 16.6. The molecule has 2 aromatic carbocycles. The minimum Gasteiger partial charge on any atom is -0.394 e. The fourth-order valence-electron chi connectivity index (χ4n) is 6.02. The van der Waals surface area contributed by atoms with Crippen LogP contribution in [0.2, 0.25) is 0 Å². The Morgan fingerprint density at radius 1 is 0.955 bits per heavy atom. The van der Waals surface area contributed by atoms with Crippen molar-refractivity contribution in [2.24, 2.45) is 0 Å². The molecular formula is C32H39N7O5. The predicted molar refractivity (Wildman–Crippen MR) is 164 cm³/mol. The standard InChI is InChI=1S/C32H39N7O5/c40-19-24-26(41)27(42)32(44-24)39-20-35-25-28(34-18-23(21-10-4-1-5-11-21)22-12-6-2-7-13-22)36-29(37-30(25)39)31(43)33-14-17-38-15-8-3-9-16-38/h1-2,4-7,10-13,20,23-24,26-27,32,40-42H,3,8-9,14-19H2,(H,33,43)(H,34,36,37)/t24?,26?,27-,32-/m1/s1. The van der Waals surface area contributed by atoms with E-state index in [0.29, 0.717) is 24.4 Å². The maximum Gasteiger partial charge on any atom is 0.289 e. The molecule has 1 amide bonds. The van der Waals surface area contributed by atoms with Crippen molar-refractivity contribution < 1.29 is 24.9 Å². The number of rotatable bonds is 11. The minimum atomic E-state index is -1.33. The highest BCUT2D eigenvalue weighted by Crippen LogP contribution is 2.33. The van der Waals surface area contributed by atoms with Gasteiger partial charge in [0, 0.05) is 25.6 Å². The van der Waals surface area contributed by atoms with Crippen LogP contribution in [0.4, 0.5) is 5.82 Å². The van der Waals surface area contributed by atoms with Crippen LogP contribution < -0.4 is 10.6 Å². The molecule has 2 saturated heterocycles. The summed E-state index contributed by atoms with van der Waals surface area (Å²) in [5.74, 6) is -0.142. The van der Waals surface area contributed by atoms with Crippen molar-refractivity contribution in [3.63, 3.8) is 0 Å². The first kappa shape index (κ1) is 30.1. The van der Waals surface area contributed by atoms with Crippen molar-refractivity contribution in [1.29, 1.82) is 0 Å². The van der Waals surface area contributed by atoms with Crippen LogP contribution in [0.5, 0.6) is 0 Å². The Labute approximate surface area is 255 Å². The summed E-state index contributed by atoms with van der Waals surface area (Å²) in [5, 5.41) is 37.1. The number of nitrogens with one attached hydrogen (secondary N) is 2. The number of likely N-dealkylation sites (tertiary alicyclic amines) is 1. The molecule has 2 fully saturated rings. The van der Waals surface area contributed by atoms with Crippen LogP contribution >= 0.6 is 0 Å². The normalized spacial score (nSPS) is 22.5. The SMILES string of the molecule is O=C(NCCN1CCCCC1)c1nc(NCC(c2ccccc2)c2ccccc2)c2ncn([C@@H]3OC(CO)C(O)[C@H]3O)c2n1. The number of benzene rings is 2. The molecule has 0 radical (unpaired) electrons. The van der Waals surface area contributed by atoms with Gasteiger partial charge in [-0.1, -0.05) is 67.1 Å². The van der Waals surface area contributed by atoms with E-state index >= 15 is 0 Å². The van der Waals surface area contributed by atoms with E-state index in [0.717, 1.165) is 30.8 Å². The molecular weight excluding hydrogens is 562 g/mol. The number of anilines is 1. The van der Waals surface area contributed by atoms with E-state index in [4.69, 9.17) is 4.74 Å². The molecule has 2 aromatic heterocycles. The smallest absolute Gasteiger partial charge is 0.289 e. The number of nitrogens with zero attached hydrogens (tertiary/aromatic N) is 5. The number of carbonyl (C=O) groups is 1. The second-order valence-corrected chi connectivity index (χ2v) is 11.4. The van der Waals surface area contributed by atoms with Crippen LogP contribution in [0.15, 0.2) is 67.0 Å². The third kappa shape index (κ3) is 6.44. The summed E-state index contributed by atoms with van der Waals surface area (Å²) < 4.78 is 7.23. The molecule has 2 unspecified atom stereocenters. The molecule has 0 saturated carbocycles. The van der Waals surface area contributed by atoms with Gasteiger partial charge in [-0.3, -0.25) is 9.36 Å². The van der Waals surface area contributed by atoms with Crippen LogP contribution in [0.1, 0.15) is 53.2 Å². The molecule has 5 N–H and O–H groups in total. The maximum atomic E-state index is 13.4. The molecule has 4 heterocycles. The van der Waals surface area contributed by atoms with Crippen molar-refractivity contribution in [2.45, 2.75) is 49.7 Å². The van der Waals surface area contributed by atoms with Crippen molar-refractivity contribution in [3.05, 3.63) is 83.9 Å². The lowest BCUT2D eigenvalue weighted by molar-refractivity contribution is -0.0511. The zero-order valence-electron chi connectivity index (χ0n) is 24.5. The van der Waals surface area contributed by atoms with Crippen molar-refractivity contribution in [1.82, 2.24) is 29.7 Å². The molecule has 0 aliphatic carbocycles. The molecule has 6 rings (SSSR count). The first-order valence-electron chi connectivity index (χ1n) is 15.2. The van der Waals surface area contributed by atoms with Crippen LogP contribution in [0, 0.1) is 0 Å². The van der Waals surface area contributed by atoms with Gasteiger partial charge in [-0.05, 0) is 37.1 Å². The number of amides is 1. The van der Waals surface area contributed by atoms with Gasteiger partial charge in [0.05, 0.1) is 12.9 Å². The average Bonchev–Trinajstić information content (AvgIpc) is 3.62. The van der Waals surface area contributed by atoms with Crippen LogP contribution in [-0.4, -0.2) is 103 Å². The van der Waals surface area contributed by atoms with Crippen molar-refractivity contribution in [3.8, 4) is 0 Å². The van der Waals surface area contributed by atoms with E-state index in [1.165, 1.54) is 30.2 Å². The summed E-state index contributed by atoms with van der Waals surface area (Å²) >= 11 is 0. The Morgan fingerprint density at radius 2 is 1.64 bits per heavy atom. The fraction of sp³-hybridized carbons (Fsp3) is 0.438. The number of aliphatic hydroxyl groups excluding tert-OH is 3. The number of piperidine rings is 1. The van der Waals surface area contributed by atoms with Crippen LogP contribution in [0.25, 0.3) is 11.2 Å². The Kier molecular flexibility index (Phi) is 9.43. The average molecular weight is 602 g/mol. The molecule has 4 aromatic rings. The zero-order valence-corrected chi connectivity index (χ0v) is 24.5. The zero-order chi connectivity index (χ0) is 30.5. The van der Waals surface area contributed by atoms with Crippen molar-refractivity contribution in [2.75, 3.05) is 44.6 Å². The first-order chi connectivity index (χ1) is 21.5. The van der Waals surface area contributed by atoms with Gasteiger partial charge in [-0.25, -0.2) is 15.0 Å². The van der Waals surface area contributed by atoms with E-state index in [1.807, 2.05) is 36.4 Å². The highest BCUT2D eigenvalue weighted by molar-refractivity contribution is 5.94. The Morgan fingerprint density at radius 3 is 2.27 bits per heavy atom.